The van der Waals surface area contributed by atoms with Crippen LogP contribution in [-0.2, 0) is 9.16 Å². The molecular weight excluding hydrogens is 282 g/mol. The number of nitrogens with zero attached hydrogens (tertiary/aromatic N) is 1. The molecule has 0 aliphatic rings. The zero-order chi connectivity index (χ0) is 16.0. The summed E-state index contributed by atoms with van der Waals surface area (Å²) < 4.78 is 16.5. The summed E-state index contributed by atoms with van der Waals surface area (Å²) in [4.78, 5) is 4.70. The predicted octanol–water partition coefficient (Wildman–Crippen LogP) is 4.06. The third kappa shape index (κ3) is 5.17. The Bertz CT molecular complexity index is 481. The van der Waals surface area contributed by atoms with Crippen molar-refractivity contribution in [2.75, 3.05) is 14.2 Å². The van der Waals surface area contributed by atoms with E-state index in [-0.39, 0.29) is 11.5 Å². The Balaban J connectivity index is 3.23. The summed E-state index contributed by atoms with van der Waals surface area (Å²) in [6.45, 7) is 10.8. The second-order valence-electron chi connectivity index (χ2n) is 6.13. The van der Waals surface area contributed by atoms with Gasteiger partial charge in [-0.25, -0.2) is 4.98 Å². The molecule has 4 nitrogen and oxygen atoms in total. The molecule has 5 heteroatoms. The van der Waals surface area contributed by atoms with Crippen LogP contribution in [0, 0.1) is 5.41 Å². The van der Waals surface area contributed by atoms with E-state index in [0.717, 1.165) is 17.1 Å². The first-order valence-electron chi connectivity index (χ1n) is 7.00. The van der Waals surface area contributed by atoms with Crippen molar-refractivity contribution in [1.29, 1.82) is 0 Å². The van der Waals surface area contributed by atoms with Crippen LogP contribution in [0.15, 0.2) is 18.4 Å². The van der Waals surface area contributed by atoms with E-state index in [0.29, 0.717) is 0 Å². The van der Waals surface area contributed by atoms with Gasteiger partial charge in [-0.1, -0.05) is 20.8 Å². The van der Waals surface area contributed by atoms with E-state index in [1.165, 1.54) is 0 Å². The van der Waals surface area contributed by atoms with E-state index in [1.54, 1.807) is 26.6 Å². The highest BCUT2D eigenvalue weighted by atomic mass is 28.3. The van der Waals surface area contributed by atoms with E-state index >= 15 is 0 Å². The van der Waals surface area contributed by atoms with Crippen LogP contribution in [-0.4, -0.2) is 28.2 Å². The maximum Gasteiger partial charge on any atom is 0.205 e. The van der Waals surface area contributed by atoms with E-state index in [2.05, 4.69) is 33.9 Å². The molecule has 1 aromatic rings. The summed E-state index contributed by atoms with van der Waals surface area (Å²) in [6, 6.07) is 3.90. The number of pyridine rings is 1. The number of hydrogen-bond donors (Lipinski definition) is 0. The summed E-state index contributed by atoms with van der Waals surface area (Å²) in [5, 5.41) is 0. The zero-order valence-corrected chi connectivity index (χ0v) is 15.1. The minimum absolute atomic E-state index is 0.0221. The van der Waals surface area contributed by atoms with Crippen LogP contribution in [0.5, 0.6) is 5.75 Å². The number of methoxy groups -OCH3 is 2. The fraction of sp³-hybridized carbons (Fsp3) is 0.562. The maximum atomic E-state index is 6.18. The maximum absolute atomic E-state index is 6.18. The minimum atomic E-state index is -0.821. The smallest absolute Gasteiger partial charge is 0.205 e. The van der Waals surface area contributed by atoms with E-state index in [4.69, 9.17) is 18.9 Å². The molecule has 0 spiro atoms. The van der Waals surface area contributed by atoms with Gasteiger partial charge in [-0.2, -0.15) is 0 Å². The van der Waals surface area contributed by atoms with Crippen LogP contribution >= 0.6 is 0 Å². The van der Waals surface area contributed by atoms with E-state index in [9.17, 15) is 0 Å². The predicted molar refractivity (Wildman–Crippen MR) is 87.6 cm³/mol. The molecule has 117 valence electrons. The lowest BCUT2D eigenvalue weighted by atomic mass is 9.87. The molecule has 0 N–H and O–H groups in total. The Morgan fingerprint density at radius 1 is 1.19 bits per heavy atom. The Morgan fingerprint density at radius 3 is 2.33 bits per heavy atom. The van der Waals surface area contributed by atoms with E-state index in [1.807, 2.05) is 12.1 Å². The Hall–Kier alpha value is -1.33. The van der Waals surface area contributed by atoms with Crippen molar-refractivity contribution in [2.45, 2.75) is 40.0 Å². The molecule has 0 aliphatic heterocycles. The lowest BCUT2D eigenvalue weighted by Gasteiger charge is -2.32. The van der Waals surface area contributed by atoms with Crippen LogP contribution in [0.25, 0.3) is 6.08 Å². The molecular formula is C16H26NO3Si. The SMILES string of the molecule is COC=Cc1nc(C(O[Si](C)C)C(C)(C)C)ccc1OC. The van der Waals surface area contributed by atoms with Gasteiger partial charge < -0.3 is 13.9 Å². The van der Waals surface area contributed by atoms with Crippen LogP contribution in [0.4, 0.5) is 0 Å². The molecule has 0 fully saturated rings. The molecule has 1 unspecified atom stereocenters. The van der Waals surface area contributed by atoms with Crippen molar-refractivity contribution in [1.82, 2.24) is 4.98 Å². The van der Waals surface area contributed by atoms with Gasteiger partial charge in [-0.3, -0.25) is 0 Å². The summed E-state index contributed by atoms with van der Waals surface area (Å²) >= 11 is 0. The third-order valence-corrected chi connectivity index (χ3v) is 3.61. The zero-order valence-electron chi connectivity index (χ0n) is 14.1. The van der Waals surface area contributed by atoms with Gasteiger partial charge in [-0.15, -0.1) is 0 Å². The summed E-state index contributed by atoms with van der Waals surface area (Å²) in [5.74, 6) is 0.721. The first-order valence-corrected chi connectivity index (χ1v) is 9.41. The highest BCUT2D eigenvalue weighted by molar-refractivity contribution is 6.48. The molecule has 0 amide bonds. The number of hydrogen-bond acceptors (Lipinski definition) is 4. The number of rotatable bonds is 6. The van der Waals surface area contributed by atoms with Crippen molar-refractivity contribution in [3.05, 3.63) is 29.8 Å². The van der Waals surface area contributed by atoms with Crippen molar-refractivity contribution in [3.8, 4) is 5.75 Å². The second kappa shape index (κ2) is 7.61. The molecule has 0 bridgehead atoms. The van der Waals surface area contributed by atoms with Crippen LogP contribution in [0.1, 0.15) is 38.3 Å². The molecule has 21 heavy (non-hydrogen) atoms. The van der Waals surface area contributed by atoms with Crippen LogP contribution < -0.4 is 4.74 Å². The van der Waals surface area contributed by atoms with Gasteiger partial charge >= 0.3 is 0 Å². The molecule has 1 atom stereocenters. The molecule has 1 heterocycles. The van der Waals surface area contributed by atoms with Gasteiger partial charge in [-0.05, 0) is 30.6 Å². The highest BCUT2D eigenvalue weighted by Gasteiger charge is 2.29. The first-order chi connectivity index (χ1) is 9.79. The fourth-order valence-electron chi connectivity index (χ4n) is 1.96. The average Bonchev–Trinajstić information content (AvgIpc) is 2.40. The first kappa shape index (κ1) is 17.7. The molecule has 1 rings (SSSR count). The van der Waals surface area contributed by atoms with Crippen molar-refractivity contribution in [3.63, 3.8) is 0 Å². The average molecular weight is 308 g/mol. The highest BCUT2D eigenvalue weighted by Crippen LogP contribution is 2.36. The van der Waals surface area contributed by atoms with Crippen LogP contribution in [0.3, 0.4) is 0 Å². The van der Waals surface area contributed by atoms with Crippen molar-refractivity contribution in [2.24, 2.45) is 5.41 Å². The Labute approximate surface area is 129 Å². The van der Waals surface area contributed by atoms with Crippen molar-refractivity contribution >= 4 is 15.1 Å². The van der Waals surface area contributed by atoms with Gasteiger partial charge in [0.05, 0.1) is 32.3 Å². The summed E-state index contributed by atoms with van der Waals surface area (Å²) in [6.07, 6.45) is 3.35. The Kier molecular flexibility index (Phi) is 6.42. The lowest BCUT2D eigenvalue weighted by Crippen LogP contribution is -2.26. The molecule has 0 saturated carbocycles. The molecule has 1 radical (unpaired) electrons. The second-order valence-corrected chi connectivity index (χ2v) is 8.19. The normalized spacial score (nSPS) is 13.7. The Morgan fingerprint density at radius 2 is 1.86 bits per heavy atom. The molecule has 0 aromatic carbocycles. The lowest BCUT2D eigenvalue weighted by molar-refractivity contribution is 0.0826. The topological polar surface area (TPSA) is 40.6 Å². The van der Waals surface area contributed by atoms with Crippen molar-refractivity contribution < 1.29 is 13.9 Å². The summed E-state index contributed by atoms with van der Waals surface area (Å²) in [7, 11) is 2.42. The molecule has 0 aliphatic carbocycles. The molecule has 0 saturated heterocycles. The fourth-order valence-corrected chi connectivity index (χ4v) is 2.91. The van der Waals surface area contributed by atoms with Gasteiger partial charge in [0.2, 0.25) is 9.04 Å². The van der Waals surface area contributed by atoms with Gasteiger partial charge in [0.15, 0.2) is 0 Å². The summed E-state index contributed by atoms with van der Waals surface area (Å²) in [5.41, 5.74) is 1.65. The largest absolute Gasteiger partial charge is 0.504 e. The minimum Gasteiger partial charge on any atom is -0.504 e. The quantitative estimate of drug-likeness (QED) is 0.587. The van der Waals surface area contributed by atoms with Gasteiger partial charge in [0.1, 0.15) is 11.4 Å². The molecule has 1 aromatic heterocycles. The number of ether oxygens (including phenoxy) is 2. The number of aromatic nitrogens is 1. The van der Waals surface area contributed by atoms with Crippen LogP contribution in [0.2, 0.25) is 13.1 Å². The third-order valence-electron chi connectivity index (χ3n) is 2.90. The van der Waals surface area contributed by atoms with Gasteiger partial charge in [0.25, 0.3) is 0 Å². The standard InChI is InChI=1S/C16H26NO3Si/c1-16(2,3)15(20-21(6)7)13-8-9-14(19-5)12(17-13)10-11-18-4/h8-11,15H,1-7H3. The monoisotopic (exact) mass is 308 g/mol. The van der Waals surface area contributed by atoms with E-state index < -0.39 is 9.04 Å². The van der Waals surface area contributed by atoms with Gasteiger partial charge in [0, 0.05) is 6.08 Å².